The molecule has 96 valence electrons. The molecule has 1 atom stereocenters. The van der Waals surface area contributed by atoms with Crippen molar-refractivity contribution in [3.05, 3.63) is 0 Å². The van der Waals surface area contributed by atoms with Gasteiger partial charge in [-0.3, -0.25) is 15.0 Å². The van der Waals surface area contributed by atoms with E-state index in [1.807, 2.05) is 13.8 Å². The zero-order valence-electron chi connectivity index (χ0n) is 11.4. The molecule has 4 heteroatoms. The first-order valence-electron chi connectivity index (χ1n) is 5.98. The molecule has 4 nitrogen and oxygen atoms in total. The molecule has 0 spiro atoms. The Labute approximate surface area is 99.0 Å². The molecule has 0 aliphatic rings. The van der Waals surface area contributed by atoms with Gasteiger partial charge in [-0.05, 0) is 41.2 Å². The molecule has 0 saturated heterocycles. The lowest BCUT2D eigenvalue weighted by atomic mass is 10.00. The van der Waals surface area contributed by atoms with E-state index in [0.29, 0.717) is 12.6 Å². The summed E-state index contributed by atoms with van der Waals surface area (Å²) in [6, 6.07) is 0.518. The molecule has 0 fully saturated rings. The maximum Gasteiger partial charge on any atom is 0.324 e. The first-order valence-corrected chi connectivity index (χ1v) is 5.98. The van der Waals surface area contributed by atoms with Crippen LogP contribution in [0, 0.1) is 0 Å². The highest BCUT2D eigenvalue weighted by Crippen LogP contribution is 2.11. The van der Waals surface area contributed by atoms with Crippen LogP contribution in [0.2, 0.25) is 0 Å². The van der Waals surface area contributed by atoms with Crippen LogP contribution in [0.5, 0.6) is 0 Å². The van der Waals surface area contributed by atoms with Gasteiger partial charge < -0.3 is 5.11 Å². The fourth-order valence-electron chi connectivity index (χ4n) is 1.88. The lowest BCUT2D eigenvalue weighted by molar-refractivity contribution is -0.145. The largest absolute Gasteiger partial charge is 0.480 e. The highest BCUT2D eigenvalue weighted by atomic mass is 16.4. The summed E-state index contributed by atoms with van der Waals surface area (Å²) in [6.45, 7) is 13.3. The van der Waals surface area contributed by atoms with Crippen LogP contribution in [0.15, 0.2) is 0 Å². The lowest BCUT2D eigenvalue weighted by Crippen LogP contribution is -2.59. The molecule has 0 aromatic carbocycles. The fraction of sp³-hybridized carbons (Fsp3) is 0.917. The Morgan fingerprint density at radius 1 is 1.38 bits per heavy atom. The van der Waals surface area contributed by atoms with Crippen molar-refractivity contribution in [3.63, 3.8) is 0 Å². The van der Waals surface area contributed by atoms with Gasteiger partial charge in [-0.1, -0.05) is 6.92 Å². The van der Waals surface area contributed by atoms with E-state index in [0.717, 1.165) is 6.54 Å². The third-order valence-electron chi connectivity index (χ3n) is 2.74. The molecule has 0 rings (SSSR count). The minimum absolute atomic E-state index is 0.159. The van der Waals surface area contributed by atoms with Crippen molar-refractivity contribution in [1.82, 2.24) is 10.2 Å². The van der Waals surface area contributed by atoms with E-state index < -0.39 is 11.5 Å². The number of hydrogen-bond acceptors (Lipinski definition) is 3. The van der Waals surface area contributed by atoms with Crippen LogP contribution in [-0.4, -0.2) is 46.7 Å². The van der Waals surface area contributed by atoms with Gasteiger partial charge in [0.15, 0.2) is 0 Å². The zero-order chi connectivity index (χ0) is 12.9. The van der Waals surface area contributed by atoms with Gasteiger partial charge in [-0.15, -0.1) is 0 Å². The van der Waals surface area contributed by atoms with Gasteiger partial charge in [-0.25, -0.2) is 0 Å². The van der Waals surface area contributed by atoms with Gasteiger partial charge >= 0.3 is 5.97 Å². The molecule has 0 aliphatic heterocycles. The summed E-state index contributed by atoms with van der Waals surface area (Å²) in [7, 11) is 0. The fourth-order valence-corrected chi connectivity index (χ4v) is 1.88. The molecular formula is C12H26N2O2. The number of likely N-dealkylation sites (N-methyl/N-ethyl adjacent to an activating group) is 1. The SMILES string of the molecule is CCN(CC(C)(NC(C)C)C(=O)O)C(C)C. The average Bonchev–Trinajstić information content (AvgIpc) is 2.12. The van der Waals surface area contributed by atoms with E-state index in [-0.39, 0.29) is 6.04 Å². The second-order valence-corrected chi connectivity index (χ2v) is 5.09. The maximum atomic E-state index is 11.3. The summed E-state index contributed by atoms with van der Waals surface area (Å²) < 4.78 is 0. The Balaban J connectivity index is 4.72. The van der Waals surface area contributed by atoms with Crippen molar-refractivity contribution < 1.29 is 9.90 Å². The van der Waals surface area contributed by atoms with Crippen molar-refractivity contribution in [2.24, 2.45) is 0 Å². The van der Waals surface area contributed by atoms with Crippen LogP contribution in [0.1, 0.15) is 41.5 Å². The number of hydrogen-bond donors (Lipinski definition) is 2. The molecule has 1 unspecified atom stereocenters. The van der Waals surface area contributed by atoms with Crippen LogP contribution >= 0.6 is 0 Å². The zero-order valence-corrected chi connectivity index (χ0v) is 11.4. The molecule has 0 aliphatic carbocycles. The van der Waals surface area contributed by atoms with E-state index in [2.05, 4.69) is 31.0 Å². The van der Waals surface area contributed by atoms with Crippen LogP contribution < -0.4 is 5.32 Å². The standard InChI is InChI=1S/C12H26N2O2/c1-7-14(10(4)5)8-12(6,11(15)16)13-9(2)3/h9-10,13H,7-8H2,1-6H3,(H,15,16). The first-order chi connectivity index (χ1) is 7.23. The molecule has 0 saturated carbocycles. The molecule has 0 bridgehead atoms. The van der Waals surface area contributed by atoms with E-state index in [1.165, 1.54) is 0 Å². The van der Waals surface area contributed by atoms with Crippen molar-refractivity contribution >= 4 is 5.97 Å². The summed E-state index contributed by atoms with van der Waals surface area (Å²) in [5.74, 6) is -0.791. The highest BCUT2D eigenvalue weighted by molar-refractivity contribution is 5.78. The van der Waals surface area contributed by atoms with E-state index >= 15 is 0 Å². The smallest absolute Gasteiger partial charge is 0.324 e. The number of carboxylic acids is 1. The van der Waals surface area contributed by atoms with Crippen molar-refractivity contribution in [3.8, 4) is 0 Å². The average molecular weight is 230 g/mol. The minimum atomic E-state index is -0.881. The van der Waals surface area contributed by atoms with E-state index in [4.69, 9.17) is 0 Å². The number of nitrogens with one attached hydrogen (secondary N) is 1. The second-order valence-electron chi connectivity index (χ2n) is 5.09. The quantitative estimate of drug-likeness (QED) is 0.697. The summed E-state index contributed by atoms with van der Waals surface area (Å²) >= 11 is 0. The van der Waals surface area contributed by atoms with E-state index in [9.17, 15) is 9.90 Å². The van der Waals surface area contributed by atoms with Crippen LogP contribution in [0.25, 0.3) is 0 Å². The molecule has 0 heterocycles. The molecule has 2 N–H and O–H groups in total. The number of aliphatic carboxylic acids is 1. The number of rotatable bonds is 7. The van der Waals surface area contributed by atoms with Crippen molar-refractivity contribution in [2.45, 2.75) is 59.2 Å². The van der Waals surface area contributed by atoms with Gasteiger partial charge in [0.1, 0.15) is 5.54 Å². The summed E-state index contributed by atoms with van der Waals surface area (Å²) in [5.41, 5.74) is -0.881. The Morgan fingerprint density at radius 3 is 2.12 bits per heavy atom. The Morgan fingerprint density at radius 2 is 1.88 bits per heavy atom. The monoisotopic (exact) mass is 230 g/mol. The summed E-state index contributed by atoms with van der Waals surface area (Å²) in [5, 5.41) is 12.5. The van der Waals surface area contributed by atoms with Gasteiger partial charge in [0, 0.05) is 18.6 Å². The van der Waals surface area contributed by atoms with Crippen LogP contribution in [0.4, 0.5) is 0 Å². The molecule has 16 heavy (non-hydrogen) atoms. The molecular weight excluding hydrogens is 204 g/mol. The normalized spacial score (nSPS) is 15.8. The second kappa shape index (κ2) is 6.21. The third-order valence-corrected chi connectivity index (χ3v) is 2.74. The number of carboxylic acid groups (broad SMARTS) is 1. The number of carbonyl (C=O) groups is 1. The van der Waals surface area contributed by atoms with Gasteiger partial charge in [-0.2, -0.15) is 0 Å². The molecule has 0 aromatic rings. The predicted molar refractivity (Wildman–Crippen MR) is 66.7 cm³/mol. The Bertz CT molecular complexity index is 229. The first kappa shape index (κ1) is 15.4. The van der Waals surface area contributed by atoms with Gasteiger partial charge in [0.25, 0.3) is 0 Å². The topological polar surface area (TPSA) is 52.6 Å². The minimum Gasteiger partial charge on any atom is -0.480 e. The van der Waals surface area contributed by atoms with Gasteiger partial charge in [0.05, 0.1) is 0 Å². The van der Waals surface area contributed by atoms with E-state index in [1.54, 1.807) is 6.92 Å². The molecule has 0 amide bonds. The maximum absolute atomic E-state index is 11.3. The highest BCUT2D eigenvalue weighted by Gasteiger charge is 2.35. The van der Waals surface area contributed by atoms with Crippen LogP contribution in [0.3, 0.4) is 0 Å². The number of nitrogens with zero attached hydrogens (tertiary/aromatic N) is 1. The summed E-state index contributed by atoms with van der Waals surface area (Å²) in [6.07, 6.45) is 0. The van der Waals surface area contributed by atoms with Crippen molar-refractivity contribution in [1.29, 1.82) is 0 Å². The van der Waals surface area contributed by atoms with Crippen LogP contribution in [-0.2, 0) is 4.79 Å². The Kier molecular flexibility index (Phi) is 5.97. The predicted octanol–water partition coefficient (Wildman–Crippen LogP) is 1.56. The third kappa shape index (κ3) is 4.49. The molecule has 0 radical (unpaired) electrons. The van der Waals surface area contributed by atoms with Crippen molar-refractivity contribution in [2.75, 3.05) is 13.1 Å². The summed E-state index contributed by atoms with van der Waals surface area (Å²) in [4.78, 5) is 13.5. The van der Waals surface area contributed by atoms with Gasteiger partial charge in [0.2, 0.25) is 0 Å². The molecule has 0 aromatic heterocycles. The lowest BCUT2D eigenvalue weighted by Gasteiger charge is -2.36. The Hall–Kier alpha value is -0.610.